The number of anilines is 1. The van der Waals surface area contributed by atoms with Crippen LogP contribution in [-0.2, 0) is 6.54 Å². The van der Waals surface area contributed by atoms with E-state index in [-0.39, 0.29) is 0 Å². The highest BCUT2D eigenvalue weighted by Crippen LogP contribution is 2.28. The van der Waals surface area contributed by atoms with E-state index in [1.807, 2.05) is 18.2 Å². The number of nitrogens with one attached hydrogen (secondary N) is 1. The van der Waals surface area contributed by atoms with Gasteiger partial charge in [-0.1, -0.05) is 17.7 Å². The predicted octanol–water partition coefficient (Wildman–Crippen LogP) is 4.13. The molecule has 0 bridgehead atoms. The Hall–Kier alpha value is -1.46. The number of halogens is 2. The van der Waals surface area contributed by atoms with Crippen LogP contribution in [0.25, 0.3) is 0 Å². The van der Waals surface area contributed by atoms with E-state index in [4.69, 9.17) is 21.1 Å². The number of pyridine rings is 1. The van der Waals surface area contributed by atoms with Crippen molar-refractivity contribution in [3.63, 3.8) is 0 Å². The van der Waals surface area contributed by atoms with Crippen molar-refractivity contribution in [1.29, 1.82) is 0 Å². The summed E-state index contributed by atoms with van der Waals surface area (Å²) in [5.74, 6) is 2.15. The Bertz CT molecular complexity index is 608. The summed E-state index contributed by atoms with van der Waals surface area (Å²) in [5.41, 5.74) is 1.06. The van der Waals surface area contributed by atoms with Gasteiger partial charge in [0, 0.05) is 12.7 Å². The summed E-state index contributed by atoms with van der Waals surface area (Å²) in [7, 11) is 3.23. The van der Waals surface area contributed by atoms with E-state index >= 15 is 0 Å². The van der Waals surface area contributed by atoms with Gasteiger partial charge in [-0.25, -0.2) is 4.98 Å². The van der Waals surface area contributed by atoms with E-state index in [0.717, 1.165) is 15.9 Å². The molecule has 2 rings (SSSR count). The summed E-state index contributed by atoms with van der Waals surface area (Å²) in [4.78, 5) is 4.22. The molecule has 1 heterocycles. The lowest BCUT2D eigenvalue weighted by molar-refractivity contribution is 0.354. The van der Waals surface area contributed by atoms with Crippen molar-refractivity contribution in [2.45, 2.75) is 6.54 Å². The standard InChI is InChI=1S/C14H14BrClN2O2/c1-19-12-4-3-9(5-13(12)20-2)7-17-14-11(15)6-10(16)8-18-14/h3-6,8H,7H2,1-2H3,(H,17,18). The molecular weight excluding hydrogens is 344 g/mol. The van der Waals surface area contributed by atoms with Crippen molar-refractivity contribution in [2.24, 2.45) is 0 Å². The largest absolute Gasteiger partial charge is 0.493 e. The lowest BCUT2D eigenvalue weighted by Gasteiger charge is -2.11. The fourth-order valence-corrected chi connectivity index (χ4v) is 2.50. The van der Waals surface area contributed by atoms with Crippen LogP contribution in [0.4, 0.5) is 5.82 Å². The van der Waals surface area contributed by atoms with Crippen LogP contribution in [0.2, 0.25) is 5.02 Å². The fourth-order valence-electron chi connectivity index (χ4n) is 1.72. The summed E-state index contributed by atoms with van der Waals surface area (Å²) in [6.07, 6.45) is 1.60. The number of aromatic nitrogens is 1. The van der Waals surface area contributed by atoms with Crippen LogP contribution in [0.5, 0.6) is 11.5 Å². The lowest BCUT2D eigenvalue weighted by Crippen LogP contribution is -2.02. The van der Waals surface area contributed by atoms with Crippen LogP contribution in [-0.4, -0.2) is 19.2 Å². The van der Waals surface area contributed by atoms with Gasteiger partial charge in [0.1, 0.15) is 5.82 Å². The predicted molar refractivity (Wildman–Crippen MR) is 83.8 cm³/mol. The SMILES string of the molecule is COc1ccc(CNc2ncc(Cl)cc2Br)cc1OC. The maximum atomic E-state index is 5.86. The van der Waals surface area contributed by atoms with Gasteiger partial charge in [-0.05, 0) is 39.7 Å². The fraction of sp³-hybridized carbons (Fsp3) is 0.214. The van der Waals surface area contributed by atoms with Gasteiger partial charge in [0.15, 0.2) is 11.5 Å². The summed E-state index contributed by atoms with van der Waals surface area (Å²) in [6.45, 7) is 0.619. The third-order valence-electron chi connectivity index (χ3n) is 2.72. The molecule has 0 unspecified atom stereocenters. The first-order valence-corrected chi connectivity index (χ1v) is 7.07. The van der Waals surface area contributed by atoms with Crippen molar-refractivity contribution >= 4 is 33.3 Å². The molecule has 0 spiro atoms. The number of ether oxygens (including phenoxy) is 2. The highest BCUT2D eigenvalue weighted by molar-refractivity contribution is 9.10. The molecule has 20 heavy (non-hydrogen) atoms. The summed E-state index contributed by atoms with van der Waals surface area (Å²) in [6, 6.07) is 7.57. The molecule has 1 aromatic heterocycles. The Balaban J connectivity index is 2.10. The van der Waals surface area contributed by atoms with E-state index in [2.05, 4.69) is 26.2 Å². The first-order chi connectivity index (χ1) is 9.63. The van der Waals surface area contributed by atoms with Gasteiger partial charge in [0.2, 0.25) is 0 Å². The monoisotopic (exact) mass is 356 g/mol. The van der Waals surface area contributed by atoms with E-state index in [9.17, 15) is 0 Å². The molecule has 6 heteroatoms. The van der Waals surface area contributed by atoms with Gasteiger partial charge in [0.25, 0.3) is 0 Å². The summed E-state index contributed by atoms with van der Waals surface area (Å²) < 4.78 is 11.3. The molecular formula is C14H14BrClN2O2. The second-order valence-corrected chi connectivity index (χ2v) is 5.32. The molecule has 1 aromatic carbocycles. The first kappa shape index (κ1) is 14.9. The Kier molecular flexibility index (Phi) is 5.09. The van der Waals surface area contributed by atoms with Crippen molar-refractivity contribution in [1.82, 2.24) is 4.98 Å². The third kappa shape index (κ3) is 3.55. The van der Waals surface area contributed by atoms with Gasteiger partial charge in [-0.2, -0.15) is 0 Å². The van der Waals surface area contributed by atoms with Crippen LogP contribution in [0.1, 0.15) is 5.56 Å². The zero-order chi connectivity index (χ0) is 14.5. The average Bonchev–Trinajstić information content (AvgIpc) is 2.46. The van der Waals surface area contributed by atoms with Crippen LogP contribution >= 0.6 is 27.5 Å². The number of benzene rings is 1. The van der Waals surface area contributed by atoms with Crippen LogP contribution in [0, 0.1) is 0 Å². The normalized spacial score (nSPS) is 10.2. The van der Waals surface area contributed by atoms with Crippen LogP contribution < -0.4 is 14.8 Å². The highest BCUT2D eigenvalue weighted by Gasteiger charge is 2.06. The zero-order valence-corrected chi connectivity index (χ0v) is 13.5. The molecule has 0 atom stereocenters. The third-order valence-corrected chi connectivity index (χ3v) is 3.53. The molecule has 0 fully saturated rings. The molecule has 4 nitrogen and oxygen atoms in total. The Morgan fingerprint density at radius 2 is 1.95 bits per heavy atom. The van der Waals surface area contributed by atoms with Gasteiger partial charge in [-0.15, -0.1) is 0 Å². The maximum absolute atomic E-state index is 5.86. The Labute approximate surface area is 131 Å². The molecule has 0 saturated heterocycles. The number of hydrogen-bond acceptors (Lipinski definition) is 4. The number of methoxy groups -OCH3 is 2. The molecule has 0 radical (unpaired) electrons. The number of nitrogens with zero attached hydrogens (tertiary/aromatic N) is 1. The molecule has 0 aliphatic rings. The minimum Gasteiger partial charge on any atom is -0.493 e. The maximum Gasteiger partial charge on any atom is 0.161 e. The minimum absolute atomic E-state index is 0.591. The quantitative estimate of drug-likeness (QED) is 0.874. The molecule has 0 saturated carbocycles. The second-order valence-electron chi connectivity index (χ2n) is 4.03. The van der Waals surface area contributed by atoms with Gasteiger partial charge in [-0.3, -0.25) is 0 Å². The Morgan fingerprint density at radius 3 is 2.60 bits per heavy atom. The smallest absolute Gasteiger partial charge is 0.161 e. The molecule has 0 amide bonds. The zero-order valence-electron chi connectivity index (χ0n) is 11.1. The van der Waals surface area contributed by atoms with Gasteiger partial charge < -0.3 is 14.8 Å². The molecule has 0 aliphatic heterocycles. The van der Waals surface area contributed by atoms with Crippen LogP contribution in [0.15, 0.2) is 34.9 Å². The van der Waals surface area contributed by atoms with E-state index in [1.54, 1.807) is 26.5 Å². The molecule has 1 N–H and O–H groups in total. The lowest BCUT2D eigenvalue weighted by atomic mass is 10.2. The molecule has 2 aromatic rings. The Morgan fingerprint density at radius 1 is 1.20 bits per heavy atom. The van der Waals surface area contributed by atoms with Crippen molar-refractivity contribution in [3.05, 3.63) is 45.5 Å². The topological polar surface area (TPSA) is 43.4 Å². The van der Waals surface area contributed by atoms with Gasteiger partial charge in [0.05, 0.1) is 23.7 Å². The van der Waals surface area contributed by atoms with E-state index in [0.29, 0.717) is 23.1 Å². The van der Waals surface area contributed by atoms with Crippen molar-refractivity contribution < 1.29 is 9.47 Å². The van der Waals surface area contributed by atoms with E-state index < -0.39 is 0 Å². The molecule has 0 aliphatic carbocycles. The second kappa shape index (κ2) is 6.81. The number of hydrogen-bond donors (Lipinski definition) is 1. The van der Waals surface area contributed by atoms with Crippen molar-refractivity contribution in [2.75, 3.05) is 19.5 Å². The first-order valence-electron chi connectivity index (χ1n) is 5.90. The van der Waals surface area contributed by atoms with Crippen molar-refractivity contribution in [3.8, 4) is 11.5 Å². The molecule has 106 valence electrons. The highest BCUT2D eigenvalue weighted by atomic mass is 79.9. The average molecular weight is 358 g/mol. The number of rotatable bonds is 5. The van der Waals surface area contributed by atoms with Crippen LogP contribution in [0.3, 0.4) is 0 Å². The summed E-state index contributed by atoms with van der Waals surface area (Å²) >= 11 is 9.27. The van der Waals surface area contributed by atoms with Gasteiger partial charge >= 0.3 is 0 Å². The van der Waals surface area contributed by atoms with E-state index in [1.165, 1.54) is 0 Å². The minimum atomic E-state index is 0.591. The summed E-state index contributed by atoms with van der Waals surface area (Å²) in [5, 5.41) is 3.82.